The number of H-pyrrole nitrogens is 1. The zero-order valence-electron chi connectivity index (χ0n) is 14.4. The average molecular weight is 404 g/mol. The summed E-state index contributed by atoms with van der Waals surface area (Å²) >= 11 is 7.11. The van der Waals surface area contributed by atoms with Crippen LogP contribution in [0.15, 0.2) is 30.5 Å². The van der Waals surface area contributed by atoms with Crippen LogP contribution < -0.4 is 15.5 Å². The number of pyridine rings is 1. The highest BCUT2D eigenvalue weighted by Crippen LogP contribution is 2.23. The normalized spacial score (nSPS) is 14.3. The minimum atomic E-state index is -0.187. The molecule has 0 aliphatic carbocycles. The van der Waals surface area contributed by atoms with Gasteiger partial charge in [0.1, 0.15) is 17.2 Å². The monoisotopic (exact) mass is 403 g/mol. The van der Waals surface area contributed by atoms with Crippen molar-refractivity contribution in [1.29, 1.82) is 0 Å². The largest absolute Gasteiger partial charge is 0.354 e. The van der Waals surface area contributed by atoms with Gasteiger partial charge in [0, 0.05) is 37.9 Å². The lowest BCUT2D eigenvalue weighted by molar-refractivity contribution is 0.0954. The second-order valence-electron chi connectivity index (χ2n) is 6.05. The van der Waals surface area contributed by atoms with E-state index < -0.39 is 0 Å². The molecule has 10 heteroatoms. The smallest absolute Gasteiger partial charge is 0.261 e. The van der Waals surface area contributed by atoms with Gasteiger partial charge in [0.25, 0.3) is 5.91 Å². The van der Waals surface area contributed by atoms with E-state index in [1.54, 1.807) is 18.3 Å². The van der Waals surface area contributed by atoms with E-state index in [0.29, 0.717) is 20.6 Å². The number of aromatic amines is 1. The SMILES string of the molecule is O=C(NCc1n[nH]nc1-c1ccc(N2CCNCC2)nc1)c1ccc(Cl)s1. The number of amides is 1. The number of carbonyl (C=O) groups is 1. The summed E-state index contributed by atoms with van der Waals surface area (Å²) in [5.41, 5.74) is 2.19. The summed E-state index contributed by atoms with van der Waals surface area (Å²) in [4.78, 5) is 19.5. The highest BCUT2D eigenvalue weighted by Gasteiger charge is 2.15. The van der Waals surface area contributed by atoms with E-state index in [0.717, 1.165) is 37.6 Å². The quantitative estimate of drug-likeness (QED) is 0.602. The summed E-state index contributed by atoms with van der Waals surface area (Å²) in [6.45, 7) is 4.08. The van der Waals surface area contributed by atoms with E-state index in [9.17, 15) is 4.79 Å². The molecule has 1 aliphatic heterocycles. The molecular weight excluding hydrogens is 386 g/mol. The maximum Gasteiger partial charge on any atom is 0.261 e. The summed E-state index contributed by atoms with van der Waals surface area (Å²) in [6, 6.07) is 7.37. The van der Waals surface area contributed by atoms with E-state index in [2.05, 4.69) is 35.9 Å². The van der Waals surface area contributed by atoms with Crippen LogP contribution in [0.3, 0.4) is 0 Å². The van der Waals surface area contributed by atoms with Gasteiger partial charge in [-0.05, 0) is 24.3 Å². The maximum atomic E-state index is 12.2. The Morgan fingerprint density at radius 2 is 2.07 bits per heavy atom. The van der Waals surface area contributed by atoms with Crippen LogP contribution in [0.2, 0.25) is 4.34 Å². The minimum Gasteiger partial charge on any atom is -0.354 e. The fourth-order valence-electron chi connectivity index (χ4n) is 2.90. The van der Waals surface area contributed by atoms with Gasteiger partial charge in [-0.2, -0.15) is 15.4 Å². The molecule has 0 unspecified atom stereocenters. The van der Waals surface area contributed by atoms with E-state index in [1.807, 2.05) is 12.1 Å². The number of piperazine rings is 1. The number of halogens is 1. The lowest BCUT2D eigenvalue weighted by Crippen LogP contribution is -2.43. The van der Waals surface area contributed by atoms with Crippen molar-refractivity contribution in [2.45, 2.75) is 6.54 Å². The molecule has 0 spiro atoms. The summed E-state index contributed by atoms with van der Waals surface area (Å²) < 4.78 is 0.581. The van der Waals surface area contributed by atoms with Crippen LogP contribution in [-0.2, 0) is 6.54 Å². The van der Waals surface area contributed by atoms with Gasteiger partial charge in [-0.1, -0.05) is 11.6 Å². The van der Waals surface area contributed by atoms with Crippen molar-refractivity contribution in [2.24, 2.45) is 0 Å². The minimum absolute atomic E-state index is 0.187. The van der Waals surface area contributed by atoms with Crippen molar-refractivity contribution in [2.75, 3.05) is 31.1 Å². The highest BCUT2D eigenvalue weighted by molar-refractivity contribution is 7.17. The van der Waals surface area contributed by atoms with Crippen LogP contribution >= 0.6 is 22.9 Å². The summed E-state index contributed by atoms with van der Waals surface area (Å²) in [6.07, 6.45) is 1.79. The Hall–Kier alpha value is -2.49. The first kappa shape index (κ1) is 17.9. The number of nitrogens with one attached hydrogen (secondary N) is 3. The Labute approximate surface area is 164 Å². The van der Waals surface area contributed by atoms with Crippen molar-refractivity contribution in [3.05, 3.63) is 45.4 Å². The number of anilines is 1. The number of hydrogen-bond donors (Lipinski definition) is 3. The fourth-order valence-corrected chi connectivity index (χ4v) is 3.86. The maximum absolute atomic E-state index is 12.2. The molecule has 0 saturated carbocycles. The molecule has 27 heavy (non-hydrogen) atoms. The first-order chi connectivity index (χ1) is 13.2. The van der Waals surface area contributed by atoms with Crippen LogP contribution in [0.25, 0.3) is 11.3 Å². The van der Waals surface area contributed by atoms with Gasteiger partial charge < -0.3 is 15.5 Å². The van der Waals surface area contributed by atoms with Crippen molar-refractivity contribution < 1.29 is 4.79 Å². The number of rotatable bonds is 5. The highest BCUT2D eigenvalue weighted by atomic mass is 35.5. The van der Waals surface area contributed by atoms with Crippen molar-refractivity contribution in [3.8, 4) is 11.3 Å². The molecule has 3 aromatic heterocycles. The lowest BCUT2D eigenvalue weighted by atomic mass is 10.1. The molecule has 1 fully saturated rings. The standard InChI is InChI=1S/C17H18ClN7OS/c18-14-3-2-13(27-14)17(26)21-10-12-16(23-24-22-12)11-1-4-15(20-9-11)25-7-5-19-6-8-25/h1-4,9,19H,5-8,10H2,(H,21,26)(H,22,23,24). The molecule has 0 atom stereocenters. The van der Waals surface area contributed by atoms with Gasteiger partial charge in [-0.15, -0.1) is 11.3 Å². The number of aromatic nitrogens is 4. The van der Waals surface area contributed by atoms with Crippen LogP contribution in [0.5, 0.6) is 0 Å². The zero-order chi connectivity index (χ0) is 18.6. The Morgan fingerprint density at radius 3 is 2.78 bits per heavy atom. The third-order valence-corrected chi connectivity index (χ3v) is 5.53. The predicted molar refractivity (Wildman–Crippen MR) is 105 cm³/mol. The van der Waals surface area contributed by atoms with Crippen LogP contribution in [0, 0.1) is 0 Å². The van der Waals surface area contributed by atoms with Crippen LogP contribution in [-0.4, -0.2) is 52.5 Å². The summed E-state index contributed by atoms with van der Waals surface area (Å²) in [5.74, 6) is 0.765. The molecule has 4 heterocycles. The van der Waals surface area contributed by atoms with Gasteiger partial charge in [0.15, 0.2) is 0 Å². The molecular formula is C17H18ClN7OS. The Balaban J connectivity index is 1.44. The number of nitrogens with zero attached hydrogens (tertiary/aromatic N) is 4. The topological polar surface area (TPSA) is 98.8 Å². The van der Waals surface area contributed by atoms with Gasteiger partial charge in [0.05, 0.1) is 15.8 Å². The number of thiophene rings is 1. The Kier molecular flexibility index (Phi) is 5.33. The molecule has 1 saturated heterocycles. The molecule has 0 radical (unpaired) electrons. The number of hydrogen-bond acceptors (Lipinski definition) is 7. The average Bonchev–Trinajstić information content (AvgIpc) is 3.36. The first-order valence-electron chi connectivity index (χ1n) is 8.56. The van der Waals surface area contributed by atoms with Gasteiger partial charge >= 0.3 is 0 Å². The van der Waals surface area contributed by atoms with Crippen LogP contribution in [0.1, 0.15) is 15.4 Å². The third kappa shape index (κ3) is 4.10. The fraction of sp³-hybridized carbons (Fsp3) is 0.294. The molecule has 1 aliphatic rings. The molecule has 0 bridgehead atoms. The number of carbonyl (C=O) groups excluding carboxylic acids is 1. The molecule has 3 N–H and O–H groups in total. The lowest BCUT2D eigenvalue weighted by Gasteiger charge is -2.28. The second-order valence-corrected chi connectivity index (χ2v) is 7.76. The molecule has 140 valence electrons. The van der Waals surface area contributed by atoms with E-state index in [1.165, 1.54) is 11.3 Å². The molecule has 8 nitrogen and oxygen atoms in total. The molecule has 0 aromatic carbocycles. The Morgan fingerprint density at radius 1 is 1.22 bits per heavy atom. The van der Waals surface area contributed by atoms with E-state index >= 15 is 0 Å². The molecule has 3 aromatic rings. The third-order valence-electron chi connectivity index (χ3n) is 4.30. The van der Waals surface area contributed by atoms with Gasteiger partial charge in [-0.25, -0.2) is 4.98 Å². The van der Waals surface area contributed by atoms with Crippen molar-refractivity contribution in [3.63, 3.8) is 0 Å². The van der Waals surface area contributed by atoms with Crippen LogP contribution in [0.4, 0.5) is 5.82 Å². The predicted octanol–water partition coefficient (Wildman–Crippen LogP) is 1.92. The molecule has 1 amide bonds. The van der Waals surface area contributed by atoms with E-state index in [-0.39, 0.29) is 12.5 Å². The van der Waals surface area contributed by atoms with Gasteiger partial charge in [-0.3, -0.25) is 4.79 Å². The van der Waals surface area contributed by atoms with Crippen molar-refractivity contribution in [1.82, 2.24) is 31.0 Å². The molecule has 4 rings (SSSR count). The summed E-state index contributed by atoms with van der Waals surface area (Å²) in [5, 5.41) is 17.2. The zero-order valence-corrected chi connectivity index (χ0v) is 16.0. The van der Waals surface area contributed by atoms with Crippen molar-refractivity contribution >= 4 is 34.7 Å². The second kappa shape index (κ2) is 8.03. The first-order valence-corrected chi connectivity index (χ1v) is 9.75. The van der Waals surface area contributed by atoms with E-state index in [4.69, 9.17) is 11.6 Å². The van der Waals surface area contributed by atoms with Gasteiger partial charge in [0.2, 0.25) is 0 Å². The Bertz CT molecular complexity index is 918. The summed E-state index contributed by atoms with van der Waals surface area (Å²) in [7, 11) is 0.